The second-order valence-electron chi connectivity index (χ2n) is 6.88. The molecule has 0 saturated heterocycles. The molecule has 2 aromatic carbocycles. The average molecular weight is 429 g/mol. The molecule has 0 atom stereocenters. The molecule has 0 amide bonds. The maximum absolute atomic E-state index is 12.1. The summed E-state index contributed by atoms with van der Waals surface area (Å²) < 4.78 is 38.2. The lowest BCUT2D eigenvalue weighted by atomic mass is 10.1. The van der Waals surface area contributed by atoms with Crippen molar-refractivity contribution in [1.82, 2.24) is 14.7 Å². The van der Waals surface area contributed by atoms with Crippen molar-refractivity contribution < 1.29 is 17.9 Å². The lowest BCUT2D eigenvalue weighted by Gasteiger charge is -2.14. The van der Waals surface area contributed by atoms with Crippen molar-refractivity contribution in [3.63, 3.8) is 0 Å². The largest absolute Gasteiger partial charge is 0.491 e. The molecule has 0 aliphatic heterocycles. The zero-order valence-corrected chi connectivity index (χ0v) is 17.9. The molecular formula is C21H23N3O5S. The first kappa shape index (κ1) is 21.5. The number of sulfonamides is 1. The van der Waals surface area contributed by atoms with Gasteiger partial charge in [-0.05, 0) is 63.7 Å². The van der Waals surface area contributed by atoms with Gasteiger partial charge in [-0.15, -0.1) is 0 Å². The summed E-state index contributed by atoms with van der Waals surface area (Å²) in [5, 5.41) is 0. The minimum atomic E-state index is -3.55. The van der Waals surface area contributed by atoms with Crippen molar-refractivity contribution in [2.45, 2.75) is 31.8 Å². The third kappa shape index (κ3) is 5.05. The molecular weight excluding hydrogens is 406 g/mol. The summed E-state index contributed by atoms with van der Waals surface area (Å²) in [7, 11) is -2.19. The Labute approximate surface area is 175 Å². The van der Waals surface area contributed by atoms with E-state index >= 15 is 0 Å². The van der Waals surface area contributed by atoms with E-state index in [1.54, 1.807) is 37.3 Å². The van der Waals surface area contributed by atoms with E-state index in [1.165, 1.54) is 25.4 Å². The summed E-state index contributed by atoms with van der Waals surface area (Å²) in [4.78, 5) is 18.7. The predicted octanol–water partition coefficient (Wildman–Crippen LogP) is 3.23. The van der Waals surface area contributed by atoms with Crippen LogP contribution in [-0.4, -0.2) is 31.5 Å². The van der Waals surface area contributed by atoms with Crippen LogP contribution in [0.4, 0.5) is 0 Å². The molecule has 1 heterocycles. The normalized spacial score (nSPS) is 11.5. The maximum atomic E-state index is 12.1. The first-order chi connectivity index (χ1) is 14.2. The Morgan fingerprint density at radius 1 is 1.03 bits per heavy atom. The third-order valence-corrected chi connectivity index (χ3v) is 5.71. The number of aromatic amines is 1. The van der Waals surface area contributed by atoms with Crippen LogP contribution in [0.2, 0.25) is 0 Å². The fourth-order valence-corrected chi connectivity index (χ4v) is 3.81. The fourth-order valence-electron chi connectivity index (χ4n) is 2.86. The molecule has 0 unspecified atom stereocenters. The van der Waals surface area contributed by atoms with E-state index < -0.39 is 10.0 Å². The van der Waals surface area contributed by atoms with Crippen LogP contribution in [0.1, 0.15) is 19.4 Å². The minimum absolute atomic E-state index is 0.0656. The first-order valence-corrected chi connectivity index (χ1v) is 10.8. The summed E-state index contributed by atoms with van der Waals surface area (Å²) in [6.45, 7) is 5.50. The van der Waals surface area contributed by atoms with E-state index in [0.29, 0.717) is 34.2 Å². The van der Waals surface area contributed by atoms with Gasteiger partial charge >= 0.3 is 0 Å². The topological polar surface area (TPSA) is 110 Å². The molecule has 3 aromatic rings. The Bertz CT molecular complexity index is 1220. The van der Waals surface area contributed by atoms with E-state index in [1.807, 2.05) is 13.8 Å². The molecule has 0 fully saturated rings. The Hall–Kier alpha value is -3.17. The van der Waals surface area contributed by atoms with Gasteiger partial charge < -0.3 is 14.5 Å². The van der Waals surface area contributed by atoms with Crippen LogP contribution in [0.3, 0.4) is 0 Å². The highest BCUT2D eigenvalue weighted by atomic mass is 32.2. The molecule has 3 rings (SSSR count). The number of nitrogens with one attached hydrogen (secondary N) is 2. The van der Waals surface area contributed by atoms with Gasteiger partial charge in [-0.25, -0.2) is 18.1 Å². The zero-order chi connectivity index (χ0) is 21.9. The highest BCUT2D eigenvalue weighted by Gasteiger charge is 2.15. The zero-order valence-electron chi connectivity index (χ0n) is 17.1. The molecule has 1 aromatic heterocycles. The van der Waals surface area contributed by atoms with Crippen molar-refractivity contribution in [3.05, 3.63) is 64.6 Å². The number of H-pyrrole nitrogens is 1. The van der Waals surface area contributed by atoms with Gasteiger partial charge in [-0.1, -0.05) is 0 Å². The van der Waals surface area contributed by atoms with Crippen molar-refractivity contribution in [1.29, 1.82) is 0 Å². The van der Waals surface area contributed by atoms with Crippen molar-refractivity contribution in [3.8, 4) is 28.6 Å². The second-order valence-corrected chi connectivity index (χ2v) is 8.73. The number of nitrogens with zero attached hydrogens (tertiary/aromatic N) is 1. The average Bonchev–Trinajstić information content (AvgIpc) is 2.67. The number of rotatable bonds is 7. The number of aromatic nitrogens is 2. The standard InChI is InChI=1S/C21H23N3O5S/c1-13(2)28-17-10-15(21-23-8-7-20(25)24-21)11-18(12-17)29-16-5-6-19(14(3)9-16)30(26,27)22-4/h5-13,22H,1-4H3,(H,23,24,25). The highest BCUT2D eigenvalue weighted by Crippen LogP contribution is 2.32. The maximum Gasteiger partial charge on any atom is 0.251 e. The van der Waals surface area contributed by atoms with Gasteiger partial charge in [0.15, 0.2) is 0 Å². The molecule has 0 aliphatic carbocycles. The smallest absolute Gasteiger partial charge is 0.251 e. The van der Waals surface area contributed by atoms with Crippen LogP contribution in [0.15, 0.2) is 58.4 Å². The summed E-state index contributed by atoms with van der Waals surface area (Å²) in [5.41, 5.74) is 0.896. The summed E-state index contributed by atoms with van der Waals surface area (Å²) in [6, 6.07) is 11.2. The van der Waals surface area contributed by atoms with Gasteiger partial charge in [0, 0.05) is 23.9 Å². The van der Waals surface area contributed by atoms with Crippen LogP contribution >= 0.6 is 0 Å². The van der Waals surface area contributed by atoms with Crippen LogP contribution in [0, 0.1) is 6.92 Å². The molecule has 158 valence electrons. The molecule has 0 saturated carbocycles. The summed E-state index contributed by atoms with van der Waals surface area (Å²) in [6.07, 6.45) is 1.36. The predicted molar refractivity (Wildman–Crippen MR) is 114 cm³/mol. The van der Waals surface area contributed by atoms with Gasteiger partial charge in [0.05, 0.1) is 11.0 Å². The quantitative estimate of drug-likeness (QED) is 0.597. The van der Waals surface area contributed by atoms with Crippen molar-refractivity contribution in [2.24, 2.45) is 0 Å². The third-order valence-electron chi connectivity index (χ3n) is 4.14. The van der Waals surface area contributed by atoms with Crippen LogP contribution in [-0.2, 0) is 10.0 Å². The van der Waals surface area contributed by atoms with Gasteiger partial charge in [-0.2, -0.15) is 0 Å². The van der Waals surface area contributed by atoms with E-state index in [0.717, 1.165) is 0 Å². The van der Waals surface area contributed by atoms with Gasteiger partial charge in [0.1, 0.15) is 23.1 Å². The van der Waals surface area contributed by atoms with Crippen molar-refractivity contribution >= 4 is 10.0 Å². The van der Waals surface area contributed by atoms with Crippen LogP contribution < -0.4 is 19.8 Å². The number of aryl methyl sites for hydroxylation is 1. The molecule has 0 radical (unpaired) electrons. The molecule has 2 N–H and O–H groups in total. The van der Waals surface area contributed by atoms with Crippen LogP contribution in [0.5, 0.6) is 17.2 Å². The highest BCUT2D eigenvalue weighted by molar-refractivity contribution is 7.89. The Kier molecular flexibility index (Phi) is 6.23. The molecule has 9 heteroatoms. The number of ether oxygens (including phenoxy) is 2. The first-order valence-electron chi connectivity index (χ1n) is 9.27. The monoisotopic (exact) mass is 429 g/mol. The van der Waals surface area contributed by atoms with E-state index in [2.05, 4.69) is 14.7 Å². The van der Waals surface area contributed by atoms with Crippen molar-refractivity contribution in [2.75, 3.05) is 7.05 Å². The van der Waals surface area contributed by atoms with Gasteiger partial charge in [0.25, 0.3) is 5.56 Å². The number of hydrogen-bond acceptors (Lipinski definition) is 6. The Balaban J connectivity index is 2.00. The second kappa shape index (κ2) is 8.68. The van der Waals surface area contributed by atoms with E-state index in [4.69, 9.17) is 9.47 Å². The molecule has 0 spiro atoms. The molecule has 30 heavy (non-hydrogen) atoms. The lowest BCUT2D eigenvalue weighted by Crippen LogP contribution is -2.19. The van der Waals surface area contributed by atoms with Crippen LogP contribution in [0.25, 0.3) is 11.4 Å². The number of hydrogen-bond donors (Lipinski definition) is 2. The number of benzene rings is 2. The minimum Gasteiger partial charge on any atom is -0.491 e. The molecule has 0 bridgehead atoms. The van der Waals surface area contributed by atoms with E-state index in [9.17, 15) is 13.2 Å². The fraction of sp³-hybridized carbons (Fsp3) is 0.238. The van der Waals surface area contributed by atoms with Gasteiger partial charge in [-0.3, -0.25) is 4.79 Å². The Morgan fingerprint density at radius 2 is 1.77 bits per heavy atom. The van der Waals surface area contributed by atoms with Gasteiger partial charge in [0.2, 0.25) is 10.0 Å². The molecule has 8 nitrogen and oxygen atoms in total. The summed E-state index contributed by atoms with van der Waals surface area (Å²) >= 11 is 0. The van der Waals surface area contributed by atoms with E-state index in [-0.39, 0.29) is 16.6 Å². The lowest BCUT2D eigenvalue weighted by molar-refractivity contribution is 0.241. The SMILES string of the molecule is CNS(=O)(=O)c1ccc(Oc2cc(OC(C)C)cc(-c3nccc(=O)[nH]3)c2)cc1C. The summed E-state index contributed by atoms with van der Waals surface area (Å²) in [5.74, 6) is 1.85. The Morgan fingerprint density at radius 3 is 2.40 bits per heavy atom. The molecule has 0 aliphatic rings.